The van der Waals surface area contributed by atoms with E-state index in [0.29, 0.717) is 30.9 Å². The first-order valence-corrected chi connectivity index (χ1v) is 17.4. The molecule has 1 aliphatic rings. The summed E-state index contributed by atoms with van der Waals surface area (Å²) in [7, 11) is 2.89. The third-order valence-electron chi connectivity index (χ3n) is 8.51. The van der Waals surface area contributed by atoms with Crippen LogP contribution in [0.1, 0.15) is 54.6 Å². The van der Waals surface area contributed by atoms with Crippen molar-refractivity contribution < 1.29 is 38.2 Å². The van der Waals surface area contributed by atoms with E-state index in [0.717, 1.165) is 11.1 Å². The lowest BCUT2D eigenvalue weighted by molar-refractivity contribution is -0.133. The van der Waals surface area contributed by atoms with Gasteiger partial charge < -0.3 is 40.8 Å². The summed E-state index contributed by atoms with van der Waals surface area (Å²) < 4.78 is 16.4. The molecule has 5 N–H and O–H groups in total. The number of fused-ring (bicyclic) bond motifs is 2. The number of pyridine rings is 1. The molecule has 1 aromatic heterocycles. The molecule has 14 nitrogen and oxygen atoms in total. The van der Waals surface area contributed by atoms with E-state index in [2.05, 4.69) is 31.6 Å². The van der Waals surface area contributed by atoms with E-state index in [4.69, 9.17) is 14.2 Å². The van der Waals surface area contributed by atoms with Crippen LogP contribution in [-0.4, -0.2) is 86.6 Å². The highest BCUT2D eigenvalue weighted by atomic mass is 16.5. The van der Waals surface area contributed by atoms with Crippen molar-refractivity contribution in [3.63, 3.8) is 0 Å². The van der Waals surface area contributed by atoms with Gasteiger partial charge >= 0.3 is 0 Å². The topological polar surface area (TPSA) is 186 Å². The van der Waals surface area contributed by atoms with Crippen LogP contribution in [-0.2, 0) is 32.0 Å². The Morgan fingerprint density at radius 3 is 2.40 bits per heavy atom. The van der Waals surface area contributed by atoms with Crippen molar-refractivity contribution in [3.05, 3.63) is 83.6 Å². The van der Waals surface area contributed by atoms with Crippen LogP contribution in [0.4, 0.5) is 0 Å². The first kappa shape index (κ1) is 39.1. The molecule has 0 fully saturated rings. The molecule has 0 saturated heterocycles. The van der Waals surface area contributed by atoms with Crippen molar-refractivity contribution >= 4 is 29.5 Å². The van der Waals surface area contributed by atoms with Crippen molar-refractivity contribution in [2.75, 3.05) is 33.9 Å². The molecule has 1 aliphatic heterocycles. The number of nitrogens with one attached hydrogen (secondary N) is 5. The van der Waals surface area contributed by atoms with Crippen LogP contribution < -0.4 is 40.8 Å². The van der Waals surface area contributed by atoms with Gasteiger partial charge in [0.2, 0.25) is 23.6 Å². The van der Waals surface area contributed by atoms with E-state index < -0.39 is 35.8 Å². The molecular formula is C38H48N6O8. The number of hydrogen-bond acceptors (Lipinski definition) is 9. The number of benzene rings is 2. The average molecular weight is 717 g/mol. The minimum Gasteiger partial charge on any atom is -0.493 e. The number of carbonyl (C=O) groups is 5. The van der Waals surface area contributed by atoms with Gasteiger partial charge in [-0.1, -0.05) is 50.2 Å². The lowest BCUT2D eigenvalue weighted by atomic mass is 10.00. The van der Waals surface area contributed by atoms with Crippen LogP contribution in [0.3, 0.4) is 0 Å². The molecule has 3 aromatic rings. The Morgan fingerprint density at radius 2 is 1.67 bits per heavy atom. The number of methoxy groups -OCH3 is 2. The predicted molar refractivity (Wildman–Crippen MR) is 193 cm³/mol. The number of aromatic nitrogens is 1. The zero-order valence-corrected chi connectivity index (χ0v) is 30.0. The molecule has 3 atom stereocenters. The molecule has 14 heteroatoms. The Kier molecular flexibility index (Phi) is 14.8. The van der Waals surface area contributed by atoms with Crippen molar-refractivity contribution in [3.8, 4) is 17.4 Å². The highest BCUT2D eigenvalue weighted by Crippen LogP contribution is 2.28. The van der Waals surface area contributed by atoms with Crippen molar-refractivity contribution in [1.82, 2.24) is 31.6 Å². The second kappa shape index (κ2) is 19.7. The maximum absolute atomic E-state index is 14.0. The van der Waals surface area contributed by atoms with Gasteiger partial charge in [0.1, 0.15) is 23.7 Å². The molecular weight excluding hydrogens is 668 g/mol. The molecule has 0 unspecified atom stereocenters. The molecule has 0 saturated carbocycles. The van der Waals surface area contributed by atoms with Gasteiger partial charge in [0.15, 0.2) is 18.1 Å². The minimum atomic E-state index is -1.12. The van der Waals surface area contributed by atoms with Gasteiger partial charge in [-0.3, -0.25) is 24.0 Å². The molecule has 2 heterocycles. The van der Waals surface area contributed by atoms with Gasteiger partial charge in [0.25, 0.3) is 11.8 Å². The normalized spacial score (nSPS) is 19.7. The van der Waals surface area contributed by atoms with E-state index in [1.807, 2.05) is 50.2 Å². The summed E-state index contributed by atoms with van der Waals surface area (Å²) in [6.45, 7) is 3.90. The first-order chi connectivity index (χ1) is 25.1. The number of ether oxygens (including phenoxy) is 3. The van der Waals surface area contributed by atoms with Crippen LogP contribution in [0, 0.1) is 5.92 Å². The van der Waals surface area contributed by atoms with Gasteiger partial charge in [0, 0.05) is 25.7 Å². The Balaban J connectivity index is 1.62. The number of amides is 5. The lowest BCUT2D eigenvalue weighted by Gasteiger charge is -2.27. The second-order valence-corrected chi connectivity index (χ2v) is 12.7. The van der Waals surface area contributed by atoms with Crippen LogP contribution in [0.25, 0.3) is 0 Å². The average Bonchev–Trinajstić information content (AvgIpc) is 3.15. The van der Waals surface area contributed by atoms with Gasteiger partial charge in [-0.25, -0.2) is 4.98 Å². The molecule has 0 radical (unpaired) electrons. The molecule has 2 aromatic carbocycles. The van der Waals surface area contributed by atoms with E-state index in [9.17, 15) is 24.0 Å². The molecule has 278 valence electrons. The van der Waals surface area contributed by atoms with Crippen LogP contribution in [0.2, 0.25) is 0 Å². The van der Waals surface area contributed by atoms with Crippen LogP contribution in [0.5, 0.6) is 17.4 Å². The fourth-order valence-corrected chi connectivity index (χ4v) is 5.68. The monoisotopic (exact) mass is 716 g/mol. The zero-order valence-electron chi connectivity index (χ0n) is 30.0. The van der Waals surface area contributed by atoms with E-state index in [1.165, 1.54) is 26.5 Å². The number of aryl methyl sites for hydroxylation is 1. The molecule has 0 spiro atoms. The summed E-state index contributed by atoms with van der Waals surface area (Å²) in [6.07, 6.45) is 3.21. The minimum absolute atomic E-state index is 0.0765. The second-order valence-electron chi connectivity index (χ2n) is 12.7. The van der Waals surface area contributed by atoms with Gasteiger partial charge in [-0.05, 0) is 67.0 Å². The molecule has 2 bridgehead atoms. The first-order valence-electron chi connectivity index (χ1n) is 17.4. The standard InChI is InChI=1S/C38H48N6O8/c1-24(2)33-37(49)40-19-8-13-26-16-17-30(50-3)31(22-26)52-23-32(45)39-18-10-15-28(42-34(46)27-14-9-20-41-38(27)51-4)35(47)43-29(36(48)44-33)21-25-11-6-5-7-12-25/h5-7,9,11-12,14,16-17,20,22,24,28-29,33H,8,10,13,15,18-19,21,23H2,1-4H3,(H,39,45)(H,40,49)(H,42,46)(H,43,47)(H,44,48)/t28-,29-,33+/m0/s1. The van der Waals surface area contributed by atoms with Crippen LogP contribution >= 0.6 is 0 Å². The zero-order chi connectivity index (χ0) is 37.5. The Bertz CT molecular complexity index is 1680. The summed E-state index contributed by atoms with van der Waals surface area (Å²) >= 11 is 0. The fourth-order valence-electron chi connectivity index (χ4n) is 5.68. The van der Waals surface area contributed by atoms with Crippen molar-refractivity contribution in [2.45, 2.75) is 64.1 Å². The molecule has 52 heavy (non-hydrogen) atoms. The SMILES string of the molecule is COc1ccc2cc1OCC(=O)NCCC[C@H](NC(=O)c1cccnc1OC)C(=O)N[C@@H](Cc1ccccc1)C(=O)N[C@H](C(C)C)C(=O)NCCC2. The number of rotatable bonds is 7. The maximum atomic E-state index is 14.0. The quantitative estimate of drug-likeness (QED) is 0.244. The van der Waals surface area contributed by atoms with Gasteiger partial charge in [-0.2, -0.15) is 0 Å². The summed E-state index contributed by atoms with van der Waals surface area (Å²) in [6, 6.07) is 14.6. The van der Waals surface area contributed by atoms with Crippen molar-refractivity contribution in [2.24, 2.45) is 5.92 Å². The fraction of sp³-hybridized carbons (Fsp3) is 0.421. The Labute approximate surface area is 303 Å². The highest BCUT2D eigenvalue weighted by molar-refractivity contribution is 6.00. The maximum Gasteiger partial charge on any atom is 0.257 e. The van der Waals surface area contributed by atoms with E-state index >= 15 is 0 Å². The van der Waals surface area contributed by atoms with E-state index in [-0.39, 0.29) is 61.6 Å². The predicted octanol–water partition coefficient (Wildman–Crippen LogP) is 2.10. The van der Waals surface area contributed by atoms with Gasteiger partial charge in [-0.15, -0.1) is 0 Å². The summed E-state index contributed by atoms with van der Waals surface area (Å²) in [4.78, 5) is 71.5. The van der Waals surface area contributed by atoms with Gasteiger partial charge in [0.05, 0.1) is 14.2 Å². The Hall–Kier alpha value is -5.66. The summed E-state index contributed by atoms with van der Waals surface area (Å²) in [5, 5.41) is 14.1. The summed E-state index contributed by atoms with van der Waals surface area (Å²) in [5.74, 6) is -1.84. The van der Waals surface area contributed by atoms with E-state index in [1.54, 1.807) is 18.2 Å². The highest BCUT2D eigenvalue weighted by Gasteiger charge is 2.31. The third-order valence-corrected chi connectivity index (χ3v) is 8.51. The largest absolute Gasteiger partial charge is 0.493 e. The Morgan fingerprint density at radius 1 is 0.904 bits per heavy atom. The smallest absolute Gasteiger partial charge is 0.257 e. The molecule has 0 aliphatic carbocycles. The summed E-state index contributed by atoms with van der Waals surface area (Å²) in [5.41, 5.74) is 1.82. The molecule has 4 rings (SSSR count). The third kappa shape index (κ3) is 11.4. The number of carbonyl (C=O) groups excluding carboxylic acids is 5. The van der Waals surface area contributed by atoms with Crippen LogP contribution in [0.15, 0.2) is 66.9 Å². The lowest BCUT2D eigenvalue weighted by Crippen LogP contribution is -2.58. The number of nitrogens with zero attached hydrogens (tertiary/aromatic N) is 1. The molecule has 5 amide bonds. The van der Waals surface area contributed by atoms with Crippen molar-refractivity contribution in [1.29, 1.82) is 0 Å². The number of hydrogen-bond donors (Lipinski definition) is 5.